The molecule has 1 aromatic carbocycles. The van der Waals surface area contributed by atoms with Gasteiger partial charge in [0.15, 0.2) is 5.82 Å². The van der Waals surface area contributed by atoms with E-state index in [-0.39, 0.29) is 23.9 Å². The molecule has 1 aliphatic rings. The molecule has 0 aliphatic carbocycles. The SMILES string of the molecule is CCCCOC(=O)N1c2c(c(=O)n(CCC)c(=O)n2CCC)NC1c1ccc(O)cc1. The summed E-state index contributed by atoms with van der Waals surface area (Å²) in [6, 6.07) is 6.35. The number of carbonyl (C=O) groups is 1. The molecular formula is C22H30N4O5. The Morgan fingerprint density at radius 3 is 2.29 bits per heavy atom. The first-order valence-electron chi connectivity index (χ1n) is 10.8. The molecule has 0 saturated carbocycles. The number of amides is 1. The lowest BCUT2D eigenvalue weighted by Crippen LogP contribution is -2.42. The number of anilines is 2. The Morgan fingerprint density at radius 2 is 1.68 bits per heavy atom. The van der Waals surface area contributed by atoms with Crippen molar-refractivity contribution in [3.63, 3.8) is 0 Å². The number of phenols is 1. The summed E-state index contributed by atoms with van der Waals surface area (Å²) in [5, 5.41) is 12.8. The van der Waals surface area contributed by atoms with Gasteiger partial charge in [-0.2, -0.15) is 0 Å². The molecule has 1 unspecified atom stereocenters. The van der Waals surface area contributed by atoms with Crippen LogP contribution in [0.1, 0.15) is 58.2 Å². The maximum absolute atomic E-state index is 13.2. The fourth-order valence-corrected chi connectivity index (χ4v) is 3.69. The van der Waals surface area contributed by atoms with E-state index in [1.807, 2.05) is 20.8 Å². The summed E-state index contributed by atoms with van der Waals surface area (Å²) in [6.45, 7) is 6.71. The Morgan fingerprint density at radius 1 is 1.03 bits per heavy atom. The highest BCUT2D eigenvalue weighted by Crippen LogP contribution is 2.39. The predicted octanol–water partition coefficient (Wildman–Crippen LogP) is 3.40. The summed E-state index contributed by atoms with van der Waals surface area (Å²) < 4.78 is 8.15. The van der Waals surface area contributed by atoms with Gasteiger partial charge in [-0.15, -0.1) is 0 Å². The van der Waals surface area contributed by atoms with Gasteiger partial charge in [-0.05, 0) is 37.0 Å². The second kappa shape index (κ2) is 9.72. The third kappa shape index (κ3) is 4.30. The molecule has 0 bridgehead atoms. The summed E-state index contributed by atoms with van der Waals surface area (Å²) in [5.41, 5.74) is -0.0424. The Bertz CT molecular complexity index is 1040. The molecule has 3 rings (SSSR count). The van der Waals surface area contributed by atoms with Gasteiger partial charge in [-0.3, -0.25) is 13.9 Å². The van der Waals surface area contributed by atoms with Gasteiger partial charge >= 0.3 is 11.8 Å². The van der Waals surface area contributed by atoms with Crippen LogP contribution in [0, 0.1) is 0 Å². The van der Waals surface area contributed by atoms with Gasteiger partial charge in [-0.1, -0.05) is 39.3 Å². The van der Waals surface area contributed by atoms with Crippen molar-refractivity contribution in [3.8, 4) is 5.75 Å². The summed E-state index contributed by atoms with van der Waals surface area (Å²) >= 11 is 0. The minimum Gasteiger partial charge on any atom is -0.508 e. The van der Waals surface area contributed by atoms with Crippen LogP contribution in [-0.2, 0) is 17.8 Å². The van der Waals surface area contributed by atoms with Gasteiger partial charge < -0.3 is 15.2 Å². The summed E-state index contributed by atoms with van der Waals surface area (Å²) in [7, 11) is 0. The third-order valence-corrected chi connectivity index (χ3v) is 5.19. The molecule has 168 valence electrons. The number of nitrogens with zero attached hydrogens (tertiary/aromatic N) is 3. The van der Waals surface area contributed by atoms with Gasteiger partial charge in [0, 0.05) is 13.1 Å². The van der Waals surface area contributed by atoms with Crippen molar-refractivity contribution in [3.05, 3.63) is 50.7 Å². The molecule has 1 atom stereocenters. The molecule has 1 aromatic heterocycles. The molecule has 0 saturated heterocycles. The average Bonchev–Trinajstić information content (AvgIpc) is 3.15. The van der Waals surface area contributed by atoms with Gasteiger partial charge in [0.05, 0.1) is 6.61 Å². The van der Waals surface area contributed by atoms with Crippen molar-refractivity contribution in [2.75, 3.05) is 16.8 Å². The van der Waals surface area contributed by atoms with Crippen LogP contribution in [-0.4, -0.2) is 26.9 Å². The molecule has 1 aliphatic heterocycles. The van der Waals surface area contributed by atoms with Crippen LogP contribution in [0.2, 0.25) is 0 Å². The fourth-order valence-electron chi connectivity index (χ4n) is 3.69. The average molecular weight is 431 g/mol. The zero-order valence-electron chi connectivity index (χ0n) is 18.3. The zero-order chi connectivity index (χ0) is 22.5. The predicted molar refractivity (Wildman–Crippen MR) is 119 cm³/mol. The fraction of sp³-hybridized carbons (Fsp3) is 0.500. The lowest BCUT2D eigenvalue weighted by molar-refractivity contribution is 0.150. The molecule has 31 heavy (non-hydrogen) atoms. The molecule has 0 radical (unpaired) electrons. The van der Waals surface area contributed by atoms with E-state index in [4.69, 9.17) is 4.74 Å². The molecule has 1 amide bonds. The largest absolute Gasteiger partial charge is 0.508 e. The van der Waals surface area contributed by atoms with Crippen molar-refractivity contribution < 1.29 is 14.6 Å². The van der Waals surface area contributed by atoms with E-state index in [9.17, 15) is 19.5 Å². The number of rotatable bonds is 8. The van der Waals surface area contributed by atoms with E-state index >= 15 is 0 Å². The lowest BCUT2D eigenvalue weighted by Gasteiger charge is -2.26. The molecule has 0 fully saturated rings. The van der Waals surface area contributed by atoms with Gasteiger partial charge in [0.25, 0.3) is 5.56 Å². The summed E-state index contributed by atoms with van der Waals surface area (Å²) in [4.78, 5) is 40.7. The lowest BCUT2D eigenvalue weighted by atomic mass is 10.1. The van der Waals surface area contributed by atoms with Crippen molar-refractivity contribution in [1.82, 2.24) is 9.13 Å². The molecule has 9 heteroatoms. The second-order valence-electron chi connectivity index (χ2n) is 7.57. The first-order chi connectivity index (χ1) is 14.9. The third-order valence-electron chi connectivity index (χ3n) is 5.19. The summed E-state index contributed by atoms with van der Waals surface area (Å²) in [6.07, 6.45) is 1.49. The van der Waals surface area contributed by atoms with Crippen LogP contribution < -0.4 is 21.5 Å². The topological polar surface area (TPSA) is 106 Å². The number of carbonyl (C=O) groups excluding carboxylic acids is 1. The van der Waals surface area contributed by atoms with Crippen molar-refractivity contribution in [2.24, 2.45) is 0 Å². The standard InChI is InChI=1S/C22H30N4O5/c1-4-7-14-31-22(30)26-18(15-8-10-16(27)11-9-15)23-17-19(26)24(12-5-2)21(29)25(13-6-3)20(17)28/h8-11,18,23,27H,4-7,12-14H2,1-3H3. The number of aromatic hydroxyl groups is 1. The number of hydrogen-bond acceptors (Lipinski definition) is 6. The second-order valence-corrected chi connectivity index (χ2v) is 7.57. The van der Waals surface area contributed by atoms with E-state index < -0.39 is 23.5 Å². The van der Waals surface area contributed by atoms with Crippen molar-refractivity contribution in [1.29, 1.82) is 0 Å². The Kier molecular flexibility index (Phi) is 7.04. The Balaban J connectivity index is 2.19. The van der Waals surface area contributed by atoms with Crippen LogP contribution in [0.15, 0.2) is 33.9 Å². The Labute approximate surface area is 180 Å². The number of aromatic nitrogens is 2. The van der Waals surface area contributed by atoms with Crippen molar-refractivity contribution >= 4 is 17.6 Å². The smallest absolute Gasteiger partial charge is 0.417 e. The van der Waals surface area contributed by atoms with E-state index in [0.717, 1.165) is 6.42 Å². The van der Waals surface area contributed by atoms with Crippen LogP contribution >= 0.6 is 0 Å². The van der Waals surface area contributed by atoms with E-state index in [0.29, 0.717) is 37.9 Å². The number of nitrogens with one attached hydrogen (secondary N) is 1. The van der Waals surface area contributed by atoms with Gasteiger partial charge in [0.2, 0.25) is 0 Å². The highest BCUT2D eigenvalue weighted by atomic mass is 16.6. The van der Waals surface area contributed by atoms with E-state index in [1.54, 1.807) is 12.1 Å². The summed E-state index contributed by atoms with van der Waals surface area (Å²) in [5.74, 6) is 0.313. The van der Waals surface area contributed by atoms with Gasteiger partial charge in [-0.25, -0.2) is 14.5 Å². The minimum atomic E-state index is -0.739. The minimum absolute atomic E-state index is 0.0875. The van der Waals surface area contributed by atoms with Crippen LogP contribution in [0.3, 0.4) is 0 Å². The van der Waals surface area contributed by atoms with Crippen LogP contribution in [0.4, 0.5) is 16.3 Å². The molecular weight excluding hydrogens is 400 g/mol. The number of unbranched alkanes of at least 4 members (excludes halogenated alkanes) is 1. The van der Waals surface area contributed by atoms with Gasteiger partial charge in [0.1, 0.15) is 17.6 Å². The molecule has 2 aromatic rings. The first kappa shape index (κ1) is 22.5. The number of benzene rings is 1. The highest BCUT2D eigenvalue weighted by Gasteiger charge is 2.41. The first-order valence-corrected chi connectivity index (χ1v) is 10.8. The van der Waals surface area contributed by atoms with E-state index in [1.165, 1.54) is 26.2 Å². The number of phenolic OH excluding ortho intramolecular Hbond substituents is 1. The van der Waals surface area contributed by atoms with Crippen LogP contribution in [0.25, 0.3) is 0 Å². The van der Waals surface area contributed by atoms with Crippen molar-refractivity contribution in [2.45, 2.75) is 65.7 Å². The highest BCUT2D eigenvalue weighted by molar-refractivity contribution is 5.95. The molecule has 0 spiro atoms. The molecule has 9 nitrogen and oxygen atoms in total. The quantitative estimate of drug-likeness (QED) is 0.622. The van der Waals surface area contributed by atoms with Crippen LogP contribution in [0.5, 0.6) is 5.75 Å². The molecule has 2 N–H and O–H groups in total. The number of fused-ring (bicyclic) bond motifs is 1. The maximum atomic E-state index is 13.2. The Hall–Kier alpha value is -3.23. The molecule has 2 heterocycles. The number of ether oxygens (including phenoxy) is 1. The number of hydrogen-bond donors (Lipinski definition) is 2. The monoisotopic (exact) mass is 430 g/mol. The maximum Gasteiger partial charge on any atom is 0.417 e. The normalized spacial score (nSPS) is 14.9. The van der Waals surface area contributed by atoms with E-state index in [2.05, 4.69) is 5.32 Å². The zero-order valence-corrected chi connectivity index (χ0v) is 18.3.